The molecule has 2 atom stereocenters. The van der Waals surface area contributed by atoms with E-state index in [1.54, 1.807) is 4.90 Å². The number of carbonyl (C=O) groups excluding carboxylic acids is 1. The summed E-state index contributed by atoms with van der Waals surface area (Å²) in [5.41, 5.74) is 0.784. The zero-order chi connectivity index (χ0) is 19.4. The quantitative estimate of drug-likeness (QED) is 0.467. The molecule has 0 N–H and O–H groups in total. The summed E-state index contributed by atoms with van der Waals surface area (Å²) in [7, 11) is 0. The molecule has 2 aromatic rings. The van der Waals surface area contributed by atoms with Crippen molar-refractivity contribution in [1.29, 1.82) is 0 Å². The van der Waals surface area contributed by atoms with Crippen molar-refractivity contribution < 1.29 is 18.8 Å². The van der Waals surface area contributed by atoms with Crippen LogP contribution in [0.4, 0.5) is 10.1 Å². The number of nitro benzene ring substituents is 1. The third-order valence-electron chi connectivity index (χ3n) is 4.34. The molecule has 2 aromatic carbocycles. The summed E-state index contributed by atoms with van der Waals surface area (Å²) in [4.78, 5) is 24.6. The van der Waals surface area contributed by atoms with E-state index in [0.717, 1.165) is 17.7 Å². The maximum Gasteiger partial charge on any atom is 0.279 e. The fraction of sp³-hybridized carbons (Fsp3) is 0.250. The number of halogens is 1. The van der Waals surface area contributed by atoms with Gasteiger partial charge in [0.15, 0.2) is 0 Å². The number of benzene rings is 2. The number of hydrogen-bond donors (Lipinski definition) is 0. The molecule has 0 bridgehead atoms. The average molecular weight is 370 g/mol. The number of amides is 1. The van der Waals surface area contributed by atoms with E-state index in [0.29, 0.717) is 13.1 Å². The van der Waals surface area contributed by atoms with Gasteiger partial charge in [0.25, 0.3) is 5.69 Å². The van der Waals surface area contributed by atoms with Crippen LogP contribution in [0.3, 0.4) is 0 Å². The molecule has 1 heterocycles. The third kappa shape index (κ3) is 4.57. The first-order valence-electron chi connectivity index (χ1n) is 8.55. The number of nitro groups is 1. The van der Waals surface area contributed by atoms with Crippen LogP contribution in [0.1, 0.15) is 24.2 Å². The zero-order valence-electron chi connectivity index (χ0n) is 14.7. The van der Waals surface area contributed by atoms with E-state index < -0.39 is 10.7 Å². The van der Waals surface area contributed by atoms with Gasteiger partial charge in [-0.3, -0.25) is 14.9 Å². The van der Waals surface area contributed by atoms with Crippen LogP contribution in [-0.2, 0) is 9.53 Å². The van der Waals surface area contributed by atoms with E-state index in [1.807, 2.05) is 37.3 Å². The average Bonchev–Trinajstić information content (AvgIpc) is 2.66. The lowest BCUT2D eigenvalue weighted by Gasteiger charge is -2.36. The Morgan fingerprint density at radius 1 is 1.26 bits per heavy atom. The lowest BCUT2D eigenvalue weighted by atomic mass is 10.1. The number of hydrogen-bond acceptors (Lipinski definition) is 4. The molecule has 1 fully saturated rings. The third-order valence-corrected chi connectivity index (χ3v) is 4.34. The molecule has 27 heavy (non-hydrogen) atoms. The lowest BCUT2D eigenvalue weighted by molar-refractivity contribution is -0.385. The van der Waals surface area contributed by atoms with Gasteiger partial charge in [-0.15, -0.1) is 0 Å². The van der Waals surface area contributed by atoms with Crippen LogP contribution in [0.15, 0.2) is 54.6 Å². The Morgan fingerprint density at radius 2 is 2.00 bits per heavy atom. The SMILES string of the molecule is CC1CN(C(=O)C=Cc2ccc(F)cc2[N+](=O)[O-])CC(c2ccccc2)O1. The minimum absolute atomic E-state index is 0.138. The van der Waals surface area contributed by atoms with Gasteiger partial charge in [-0.2, -0.15) is 0 Å². The van der Waals surface area contributed by atoms with Gasteiger partial charge in [0.1, 0.15) is 11.9 Å². The summed E-state index contributed by atoms with van der Waals surface area (Å²) < 4.78 is 19.2. The Balaban J connectivity index is 1.76. The van der Waals surface area contributed by atoms with Crippen LogP contribution >= 0.6 is 0 Å². The zero-order valence-corrected chi connectivity index (χ0v) is 14.7. The van der Waals surface area contributed by atoms with Crippen LogP contribution in [0, 0.1) is 15.9 Å². The van der Waals surface area contributed by atoms with Crippen molar-refractivity contribution in [1.82, 2.24) is 4.90 Å². The molecule has 1 saturated heterocycles. The molecule has 7 heteroatoms. The van der Waals surface area contributed by atoms with E-state index in [4.69, 9.17) is 4.74 Å². The fourth-order valence-electron chi connectivity index (χ4n) is 3.07. The lowest BCUT2D eigenvalue weighted by Crippen LogP contribution is -2.45. The highest BCUT2D eigenvalue weighted by Crippen LogP contribution is 2.26. The molecule has 0 aliphatic carbocycles. The number of nitrogens with zero attached hydrogens (tertiary/aromatic N) is 2. The van der Waals surface area contributed by atoms with Crippen molar-refractivity contribution >= 4 is 17.7 Å². The van der Waals surface area contributed by atoms with Gasteiger partial charge in [-0.1, -0.05) is 30.3 Å². The summed E-state index contributed by atoms with van der Waals surface area (Å²) in [6.45, 7) is 2.71. The molecule has 3 rings (SSSR count). The molecule has 6 nitrogen and oxygen atoms in total. The van der Waals surface area contributed by atoms with Gasteiger partial charge in [-0.05, 0) is 30.7 Å². The first-order chi connectivity index (χ1) is 12.9. The number of morpholine rings is 1. The number of ether oxygens (including phenoxy) is 1. The summed E-state index contributed by atoms with van der Waals surface area (Å²) in [5, 5.41) is 11.1. The Kier molecular flexibility index (Phi) is 5.61. The molecule has 0 saturated carbocycles. The van der Waals surface area contributed by atoms with Crippen molar-refractivity contribution in [2.75, 3.05) is 13.1 Å². The van der Waals surface area contributed by atoms with E-state index in [1.165, 1.54) is 18.2 Å². The molecule has 1 aliphatic rings. The van der Waals surface area contributed by atoms with E-state index in [2.05, 4.69) is 0 Å². The standard InChI is InChI=1S/C20H19FN2O4/c1-14-12-22(13-19(27-14)16-5-3-2-4-6-16)20(24)10-8-15-7-9-17(21)11-18(15)23(25)26/h2-11,14,19H,12-13H2,1H3. The predicted molar refractivity (Wildman–Crippen MR) is 98.4 cm³/mol. The smallest absolute Gasteiger partial charge is 0.279 e. The monoisotopic (exact) mass is 370 g/mol. The van der Waals surface area contributed by atoms with E-state index >= 15 is 0 Å². The second-order valence-electron chi connectivity index (χ2n) is 6.38. The number of rotatable bonds is 4. The van der Waals surface area contributed by atoms with Crippen molar-refractivity contribution in [2.45, 2.75) is 19.1 Å². The molecule has 0 aromatic heterocycles. The van der Waals surface area contributed by atoms with Crippen LogP contribution in [0.5, 0.6) is 0 Å². The molecule has 0 spiro atoms. The summed E-state index contributed by atoms with van der Waals surface area (Å²) >= 11 is 0. The van der Waals surface area contributed by atoms with Gasteiger partial charge >= 0.3 is 0 Å². The number of carbonyl (C=O) groups is 1. The summed E-state index contributed by atoms with van der Waals surface area (Å²) in [5.74, 6) is -0.970. The maximum absolute atomic E-state index is 13.2. The second-order valence-corrected chi connectivity index (χ2v) is 6.38. The highest BCUT2D eigenvalue weighted by Gasteiger charge is 2.28. The molecule has 0 radical (unpaired) electrons. The van der Waals surface area contributed by atoms with Crippen molar-refractivity contribution in [3.05, 3.63) is 81.7 Å². The summed E-state index contributed by atoms with van der Waals surface area (Å²) in [6, 6.07) is 12.9. The Bertz CT molecular complexity index is 870. The van der Waals surface area contributed by atoms with E-state index in [9.17, 15) is 19.3 Å². The Labute approximate surface area is 156 Å². The summed E-state index contributed by atoms with van der Waals surface area (Å²) in [6.07, 6.45) is 2.26. The molecule has 1 aliphatic heterocycles. The molecule has 140 valence electrons. The van der Waals surface area contributed by atoms with Crippen LogP contribution < -0.4 is 0 Å². The maximum atomic E-state index is 13.2. The first kappa shape index (κ1) is 18.7. The first-order valence-corrected chi connectivity index (χ1v) is 8.55. The van der Waals surface area contributed by atoms with Crippen molar-refractivity contribution in [2.24, 2.45) is 0 Å². The van der Waals surface area contributed by atoms with Crippen LogP contribution in [0.2, 0.25) is 0 Å². The predicted octanol–water partition coefficient (Wildman–Crippen LogP) is 3.74. The van der Waals surface area contributed by atoms with Crippen LogP contribution in [0.25, 0.3) is 6.08 Å². The van der Waals surface area contributed by atoms with Crippen molar-refractivity contribution in [3.8, 4) is 0 Å². The molecule has 1 amide bonds. The van der Waals surface area contributed by atoms with E-state index in [-0.39, 0.29) is 29.4 Å². The second kappa shape index (κ2) is 8.09. The van der Waals surface area contributed by atoms with Gasteiger partial charge in [-0.25, -0.2) is 4.39 Å². The minimum Gasteiger partial charge on any atom is -0.367 e. The van der Waals surface area contributed by atoms with Gasteiger partial charge < -0.3 is 9.64 Å². The van der Waals surface area contributed by atoms with Crippen LogP contribution in [-0.4, -0.2) is 34.9 Å². The minimum atomic E-state index is -0.696. The fourth-order valence-corrected chi connectivity index (χ4v) is 3.07. The van der Waals surface area contributed by atoms with Crippen molar-refractivity contribution in [3.63, 3.8) is 0 Å². The van der Waals surface area contributed by atoms with Gasteiger partial charge in [0, 0.05) is 12.6 Å². The topological polar surface area (TPSA) is 72.7 Å². The van der Waals surface area contributed by atoms with Gasteiger partial charge in [0.2, 0.25) is 5.91 Å². The highest BCUT2D eigenvalue weighted by atomic mass is 19.1. The molecular weight excluding hydrogens is 351 g/mol. The normalized spacial score (nSPS) is 20.0. The van der Waals surface area contributed by atoms with Gasteiger partial charge in [0.05, 0.1) is 29.2 Å². The molecule has 2 unspecified atom stereocenters. The molecular formula is C20H19FN2O4. The Morgan fingerprint density at radius 3 is 2.70 bits per heavy atom. The Hall–Kier alpha value is -3.06. The largest absolute Gasteiger partial charge is 0.367 e. The highest BCUT2D eigenvalue weighted by molar-refractivity contribution is 5.92.